The minimum atomic E-state index is -0.771. The number of ketones is 1. The molecule has 0 fully saturated rings. The fourth-order valence-electron chi connectivity index (χ4n) is 3.33. The van der Waals surface area contributed by atoms with Crippen LogP contribution in [0.15, 0.2) is 66.8 Å². The molecule has 0 aromatic heterocycles. The minimum absolute atomic E-state index is 0. The quantitative estimate of drug-likeness (QED) is 0.169. The number of nitrogens with zero attached hydrogens (tertiary/aromatic N) is 1. The predicted molar refractivity (Wildman–Crippen MR) is 140 cm³/mol. The Morgan fingerprint density at radius 2 is 1.62 bits per heavy atom. The molecule has 2 rings (SSSR count). The first-order valence-electron chi connectivity index (χ1n) is 11.7. The second-order valence-corrected chi connectivity index (χ2v) is 9.31. The van der Waals surface area contributed by atoms with Gasteiger partial charge in [0.05, 0.1) is 0 Å². The maximum Gasteiger partial charge on any atom is 1.00 e. The first-order chi connectivity index (χ1) is 15.5. The number of benzene rings is 2. The zero-order valence-electron chi connectivity index (χ0n) is 22.4. The molecule has 180 valence electrons. The molecule has 0 saturated carbocycles. The van der Waals surface area contributed by atoms with Crippen LogP contribution in [-0.2, 0) is 9.53 Å². The number of carbonyl (C=O) groups excluding carboxylic acids is 2. The molecule has 0 heterocycles. The van der Waals surface area contributed by atoms with Crippen molar-refractivity contribution in [3.05, 3.63) is 77.6 Å². The summed E-state index contributed by atoms with van der Waals surface area (Å²) in [4.78, 5) is 24.7. The van der Waals surface area contributed by atoms with E-state index >= 15 is 0 Å². The molecule has 2 aromatic rings. The third-order valence-corrected chi connectivity index (χ3v) is 4.94. The van der Waals surface area contributed by atoms with Crippen molar-refractivity contribution >= 4 is 22.5 Å². The number of hydrogen-bond donors (Lipinski definition) is 0. The van der Waals surface area contributed by atoms with Gasteiger partial charge in [0.1, 0.15) is 12.0 Å². The van der Waals surface area contributed by atoms with Gasteiger partial charge in [-0.05, 0) is 56.5 Å². The molecule has 5 heteroatoms. The molecule has 0 aliphatic carbocycles. The van der Waals surface area contributed by atoms with Crippen LogP contribution in [-0.4, -0.2) is 29.4 Å². The molecule has 0 saturated heterocycles. The Labute approximate surface area is 218 Å². The molecule has 0 bridgehead atoms. The van der Waals surface area contributed by atoms with E-state index in [2.05, 4.69) is 45.7 Å². The molecule has 0 amide bonds. The SMILES string of the molecule is C=CC(C)(CCC=C(C)C)OC(=O)CC(=O)c1ccc2ccccc2c1.CC(C)[N-]C(C)C.[Li+]. The van der Waals surface area contributed by atoms with E-state index in [1.165, 1.54) is 5.57 Å². The Bertz CT molecular complexity index is 955. The van der Waals surface area contributed by atoms with Crippen molar-refractivity contribution in [1.29, 1.82) is 0 Å². The van der Waals surface area contributed by atoms with Gasteiger partial charge in [0.2, 0.25) is 0 Å². The number of ether oxygens (including phenoxy) is 1. The Morgan fingerprint density at radius 3 is 2.12 bits per heavy atom. The summed E-state index contributed by atoms with van der Waals surface area (Å²) >= 11 is 0. The van der Waals surface area contributed by atoms with Crippen LogP contribution in [0.5, 0.6) is 0 Å². The number of rotatable bonds is 10. The maximum absolute atomic E-state index is 12.4. The van der Waals surface area contributed by atoms with Gasteiger partial charge in [-0.25, -0.2) is 0 Å². The van der Waals surface area contributed by atoms with Gasteiger partial charge >= 0.3 is 24.8 Å². The summed E-state index contributed by atoms with van der Waals surface area (Å²) < 4.78 is 5.54. The van der Waals surface area contributed by atoms with Crippen molar-refractivity contribution < 1.29 is 33.2 Å². The third-order valence-electron chi connectivity index (χ3n) is 4.94. The van der Waals surface area contributed by atoms with Gasteiger partial charge in [-0.15, -0.1) is 12.1 Å². The number of allylic oxidation sites excluding steroid dienone is 2. The van der Waals surface area contributed by atoms with Crippen molar-refractivity contribution in [2.45, 2.75) is 85.4 Å². The van der Waals surface area contributed by atoms with Crippen LogP contribution < -0.4 is 18.9 Å². The summed E-state index contributed by atoms with van der Waals surface area (Å²) in [5.74, 6) is -0.765. The number of fused-ring (bicyclic) bond motifs is 1. The molecule has 0 spiro atoms. The van der Waals surface area contributed by atoms with E-state index in [1.807, 2.05) is 57.2 Å². The number of hydrogen-bond acceptors (Lipinski definition) is 3. The van der Waals surface area contributed by atoms with E-state index in [0.717, 1.165) is 17.2 Å². The van der Waals surface area contributed by atoms with Crippen molar-refractivity contribution in [1.82, 2.24) is 0 Å². The minimum Gasteiger partial charge on any atom is -0.658 e. The molecule has 0 radical (unpaired) electrons. The topological polar surface area (TPSA) is 57.5 Å². The monoisotopic (exact) mass is 457 g/mol. The largest absolute Gasteiger partial charge is 1.00 e. The molecule has 1 atom stereocenters. The summed E-state index contributed by atoms with van der Waals surface area (Å²) in [5, 5.41) is 6.31. The fourth-order valence-corrected chi connectivity index (χ4v) is 3.33. The van der Waals surface area contributed by atoms with Gasteiger partial charge < -0.3 is 10.1 Å². The maximum atomic E-state index is 12.4. The second kappa shape index (κ2) is 15.7. The van der Waals surface area contributed by atoms with E-state index in [0.29, 0.717) is 24.1 Å². The molecule has 34 heavy (non-hydrogen) atoms. The third kappa shape index (κ3) is 12.4. The number of carbonyl (C=O) groups is 2. The van der Waals surface area contributed by atoms with E-state index in [4.69, 9.17) is 4.74 Å². The van der Waals surface area contributed by atoms with Crippen LogP contribution in [0.1, 0.15) is 78.1 Å². The average Bonchev–Trinajstić information content (AvgIpc) is 2.72. The molecule has 2 aromatic carbocycles. The van der Waals surface area contributed by atoms with Crippen molar-refractivity contribution in [2.24, 2.45) is 0 Å². The summed E-state index contributed by atoms with van der Waals surface area (Å²) in [7, 11) is 0. The van der Waals surface area contributed by atoms with Gasteiger partial charge in [-0.1, -0.05) is 82.3 Å². The Morgan fingerprint density at radius 1 is 1.03 bits per heavy atom. The number of Topliss-reactive ketones (excluding diaryl/α,β-unsaturated/α-hetero) is 1. The van der Waals surface area contributed by atoms with Gasteiger partial charge in [-0.3, -0.25) is 9.59 Å². The summed E-state index contributed by atoms with van der Waals surface area (Å²) in [6, 6.07) is 14.3. The van der Waals surface area contributed by atoms with E-state index in [1.54, 1.807) is 12.1 Å². The molecular weight excluding hydrogens is 417 g/mol. The van der Waals surface area contributed by atoms with Gasteiger partial charge in [-0.2, -0.15) is 0 Å². The Kier molecular flexibility index (Phi) is 14.7. The van der Waals surface area contributed by atoms with Crippen molar-refractivity contribution in [3.8, 4) is 0 Å². The first kappa shape index (κ1) is 31.9. The molecule has 0 aliphatic heterocycles. The van der Waals surface area contributed by atoms with Crippen LogP contribution in [0.3, 0.4) is 0 Å². The van der Waals surface area contributed by atoms with Gasteiger partial charge in [0, 0.05) is 5.56 Å². The van der Waals surface area contributed by atoms with Crippen LogP contribution in [0.2, 0.25) is 0 Å². The zero-order valence-corrected chi connectivity index (χ0v) is 22.4. The van der Waals surface area contributed by atoms with Crippen LogP contribution in [0.4, 0.5) is 0 Å². The fraction of sp³-hybridized carbons (Fsp3) is 0.448. The van der Waals surface area contributed by atoms with E-state index in [9.17, 15) is 9.59 Å². The molecular formula is C29H40LiNO3. The molecule has 1 unspecified atom stereocenters. The van der Waals surface area contributed by atoms with Gasteiger partial charge in [0.25, 0.3) is 0 Å². The second-order valence-electron chi connectivity index (χ2n) is 9.31. The average molecular weight is 458 g/mol. The summed E-state index contributed by atoms with van der Waals surface area (Å²) in [6.07, 6.45) is 4.87. The first-order valence-corrected chi connectivity index (χ1v) is 11.7. The zero-order chi connectivity index (χ0) is 25.0. The van der Waals surface area contributed by atoms with Crippen LogP contribution in [0.25, 0.3) is 16.1 Å². The van der Waals surface area contributed by atoms with Gasteiger partial charge in [0.15, 0.2) is 5.78 Å². The van der Waals surface area contributed by atoms with Crippen LogP contribution >= 0.6 is 0 Å². The smallest absolute Gasteiger partial charge is 0.658 e. The number of esters is 1. The van der Waals surface area contributed by atoms with Crippen molar-refractivity contribution in [2.75, 3.05) is 0 Å². The molecule has 0 N–H and O–H groups in total. The Hall–Kier alpha value is -2.12. The molecule has 0 aliphatic rings. The normalized spacial score (nSPS) is 12.1. The Balaban J connectivity index is 0.00000119. The van der Waals surface area contributed by atoms with Crippen molar-refractivity contribution in [3.63, 3.8) is 0 Å². The summed E-state index contributed by atoms with van der Waals surface area (Å²) in [5.41, 5.74) is 0.965. The van der Waals surface area contributed by atoms with Crippen LogP contribution in [0, 0.1) is 0 Å². The van der Waals surface area contributed by atoms with E-state index < -0.39 is 11.6 Å². The summed E-state index contributed by atoms with van der Waals surface area (Å²) in [6.45, 7) is 18.0. The molecule has 4 nitrogen and oxygen atoms in total. The van der Waals surface area contributed by atoms with E-state index in [-0.39, 0.29) is 31.1 Å². The standard InChI is InChI=1S/C23H26O3.C6H14N.Li/c1-5-23(4,14-8-9-17(2)3)26-22(25)16-21(24)20-13-12-18-10-6-7-11-19(18)15-20;1-5(2)7-6(3)4;/h5-7,9-13,15H,1,8,14,16H2,2-4H3;5-6H,1-4H3;/q;-1;+1. The predicted octanol–water partition coefficient (Wildman–Crippen LogP) is 4.83.